The van der Waals surface area contributed by atoms with Crippen molar-refractivity contribution in [2.75, 3.05) is 0 Å². The highest BCUT2D eigenvalue weighted by Crippen LogP contribution is 2.18. The molecule has 0 unspecified atom stereocenters. The van der Waals surface area contributed by atoms with Crippen LogP contribution in [0.2, 0.25) is 0 Å². The molecule has 0 saturated heterocycles. The van der Waals surface area contributed by atoms with Crippen LogP contribution >= 0.6 is 0 Å². The molecule has 2 rings (SSSR count). The summed E-state index contributed by atoms with van der Waals surface area (Å²) < 4.78 is 13.0. The van der Waals surface area contributed by atoms with Crippen LogP contribution in [0.15, 0.2) is 30.3 Å². The summed E-state index contributed by atoms with van der Waals surface area (Å²) in [7, 11) is 0. The molecule has 0 amide bonds. The van der Waals surface area contributed by atoms with Crippen molar-refractivity contribution >= 4 is 0 Å². The molecule has 0 aliphatic heterocycles. The fourth-order valence-corrected chi connectivity index (χ4v) is 1.50. The van der Waals surface area contributed by atoms with E-state index in [9.17, 15) is 4.39 Å². The van der Waals surface area contributed by atoms with Gasteiger partial charge in [0.25, 0.3) is 0 Å². The molecule has 16 heavy (non-hydrogen) atoms. The first kappa shape index (κ1) is 10.7. The number of hydrogen-bond donors (Lipinski definition) is 1. The van der Waals surface area contributed by atoms with Crippen LogP contribution in [0.4, 0.5) is 4.39 Å². The smallest absolute Gasteiger partial charge is 0.123 e. The van der Waals surface area contributed by atoms with Gasteiger partial charge in [-0.1, -0.05) is 12.1 Å². The maximum atomic E-state index is 13.0. The third kappa shape index (κ3) is 2.06. The van der Waals surface area contributed by atoms with Crippen LogP contribution in [0.5, 0.6) is 0 Å². The van der Waals surface area contributed by atoms with Gasteiger partial charge in [-0.05, 0) is 30.7 Å². The standard InChI is InChI=1S/C12H12FN3/c1-8-5-11(15-16-12(8)7-14)9-3-2-4-10(13)6-9/h2-6H,7,14H2,1H3. The number of nitrogens with zero attached hydrogens (tertiary/aromatic N) is 2. The van der Waals surface area contributed by atoms with E-state index >= 15 is 0 Å². The van der Waals surface area contributed by atoms with E-state index in [-0.39, 0.29) is 5.82 Å². The summed E-state index contributed by atoms with van der Waals surface area (Å²) in [6, 6.07) is 8.15. The first-order chi connectivity index (χ1) is 7.70. The second-order valence-electron chi connectivity index (χ2n) is 3.57. The van der Waals surface area contributed by atoms with E-state index in [1.54, 1.807) is 12.1 Å². The van der Waals surface area contributed by atoms with Gasteiger partial charge in [0.1, 0.15) is 5.82 Å². The third-order valence-corrected chi connectivity index (χ3v) is 2.40. The molecular formula is C12H12FN3. The number of aromatic nitrogens is 2. The molecule has 4 heteroatoms. The second-order valence-corrected chi connectivity index (χ2v) is 3.57. The molecule has 0 bridgehead atoms. The Bertz CT molecular complexity index is 511. The van der Waals surface area contributed by atoms with E-state index in [1.807, 2.05) is 13.0 Å². The molecule has 0 atom stereocenters. The maximum absolute atomic E-state index is 13.0. The van der Waals surface area contributed by atoms with E-state index in [2.05, 4.69) is 10.2 Å². The topological polar surface area (TPSA) is 51.8 Å². The Morgan fingerprint density at radius 1 is 1.25 bits per heavy atom. The fraction of sp³-hybridized carbons (Fsp3) is 0.167. The highest BCUT2D eigenvalue weighted by Gasteiger charge is 2.04. The Morgan fingerprint density at radius 3 is 2.69 bits per heavy atom. The van der Waals surface area contributed by atoms with Crippen molar-refractivity contribution < 1.29 is 4.39 Å². The van der Waals surface area contributed by atoms with Gasteiger partial charge in [0, 0.05) is 12.1 Å². The molecule has 0 aliphatic carbocycles. The van der Waals surface area contributed by atoms with E-state index in [4.69, 9.17) is 5.73 Å². The first-order valence-electron chi connectivity index (χ1n) is 5.00. The second kappa shape index (κ2) is 4.37. The first-order valence-corrected chi connectivity index (χ1v) is 5.00. The fourth-order valence-electron chi connectivity index (χ4n) is 1.50. The number of aryl methyl sites for hydroxylation is 1. The Labute approximate surface area is 93.1 Å². The molecule has 3 nitrogen and oxygen atoms in total. The Morgan fingerprint density at radius 2 is 2.06 bits per heavy atom. The average Bonchev–Trinajstić information content (AvgIpc) is 2.29. The molecule has 1 heterocycles. The minimum atomic E-state index is -0.278. The van der Waals surface area contributed by atoms with Crippen molar-refractivity contribution in [1.82, 2.24) is 10.2 Å². The predicted molar refractivity (Wildman–Crippen MR) is 60.1 cm³/mol. The lowest BCUT2D eigenvalue weighted by Gasteiger charge is -2.04. The molecule has 2 aromatic rings. The maximum Gasteiger partial charge on any atom is 0.123 e. The van der Waals surface area contributed by atoms with Crippen molar-refractivity contribution in [3.8, 4) is 11.3 Å². The summed E-state index contributed by atoms with van der Waals surface area (Å²) in [5, 5.41) is 8.03. The molecular weight excluding hydrogens is 205 g/mol. The summed E-state index contributed by atoms with van der Waals surface area (Å²) in [5.41, 5.74) is 8.62. The number of halogens is 1. The van der Waals surface area contributed by atoms with Crippen LogP contribution in [-0.2, 0) is 6.54 Å². The van der Waals surface area contributed by atoms with Crippen LogP contribution < -0.4 is 5.73 Å². The van der Waals surface area contributed by atoms with Gasteiger partial charge in [0.2, 0.25) is 0 Å². The number of rotatable bonds is 2. The SMILES string of the molecule is Cc1cc(-c2cccc(F)c2)nnc1CN. The molecule has 1 aromatic heterocycles. The summed E-state index contributed by atoms with van der Waals surface area (Å²) in [5.74, 6) is -0.278. The zero-order valence-corrected chi connectivity index (χ0v) is 8.94. The van der Waals surface area contributed by atoms with E-state index in [0.717, 1.165) is 16.8 Å². The lowest BCUT2D eigenvalue weighted by atomic mass is 10.1. The van der Waals surface area contributed by atoms with Crippen molar-refractivity contribution in [2.45, 2.75) is 13.5 Å². The van der Waals surface area contributed by atoms with Gasteiger partial charge in [-0.25, -0.2) is 4.39 Å². The molecule has 0 radical (unpaired) electrons. The number of hydrogen-bond acceptors (Lipinski definition) is 3. The zero-order valence-electron chi connectivity index (χ0n) is 8.94. The van der Waals surface area contributed by atoms with Crippen LogP contribution in [0.25, 0.3) is 11.3 Å². The molecule has 2 N–H and O–H groups in total. The van der Waals surface area contributed by atoms with Crippen LogP contribution in [0.1, 0.15) is 11.3 Å². The van der Waals surface area contributed by atoms with Gasteiger partial charge in [-0.2, -0.15) is 10.2 Å². The van der Waals surface area contributed by atoms with E-state index < -0.39 is 0 Å². The minimum absolute atomic E-state index is 0.278. The average molecular weight is 217 g/mol. The van der Waals surface area contributed by atoms with Crippen LogP contribution in [-0.4, -0.2) is 10.2 Å². The number of benzene rings is 1. The van der Waals surface area contributed by atoms with Gasteiger partial charge in [-0.15, -0.1) is 0 Å². The molecule has 0 spiro atoms. The quantitative estimate of drug-likeness (QED) is 0.837. The molecule has 0 fully saturated rings. The summed E-state index contributed by atoms with van der Waals surface area (Å²) in [6.07, 6.45) is 0. The van der Waals surface area contributed by atoms with Gasteiger partial charge < -0.3 is 5.73 Å². The minimum Gasteiger partial charge on any atom is -0.325 e. The lowest BCUT2D eigenvalue weighted by molar-refractivity contribution is 0.628. The monoisotopic (exact) mass is 217 g/mol. The lowest BCUT2D eigenvalue weighted by Crippen LogP contribution is -2.04. The van der Waals surface area contributed by atoms with E-state index in [0.29, 0.717) is 12.2 Å². The highest BCUT2D eigenvalue weighted by molar-refractivity contribution is 5.59. The van der Waals surface area contributed by atoms with Gasteiger partial charge >= 0.3 is 0 Å². The van der Waals surface area contributed by atoms with Gasteiger partial charge in [0.05, 0.1) is 11.4 Å². The molecule has 0 aliphatic rings. The Kier molecular flexibility index (Phi) is 2.92. The zero-order chi connectivity index (χ0) is 11.5. The molecule has 0 saturated carbocycles. The molecule has 82 valence electrons. The van der Waals surface area contributed by atoms with Crippen molar-refractivity contribution in [1.29, 1.82) is 0 Å². The normalized spacial score (nSPS) is 10.4. The predicted octanol–water partition coefficient (Wildman–Crippen LogP) is 2.05. The largest absolute Gasteiger partial charge is 0.325 e. The van der Waals surface area contributed by atoms with Gasteiger partial charge in [0.15, 0.2) is 0 Å². The summed E-state index contributed by atoms with van der Waals surface area (Å²) in [6.45, 7) is 2.28. The van der Waals surface area contributed by atoms with Crippen molar-refractivity contribution in [3.63, 3.8) is 0 Å². The van der Waals surface area contributed by atoms with Crippen molar-refractivity contribution in [2.24, 2.45) is 5.73 Å². The van der Waals surface area contributed by atoms with E-state index in [1.165, 1.54) is 12.1 Å². The summed E-state index contributed by atoms with van der Waals surface area (Å²) in [4.78, 5) is 0. The summed E-state index contributed by atoms with van der Waals surface area (Å²) >= 11 is 0. The Hall–Kier alpha value is -1.81. The molecule has 1 aromatic carbocycles. The Balaban J connectivity index is 2.45. The highest BCUT2D eigenvalue weighted by atomic mass is 19.1. The number of nitrogens with two attached hydrogens (primary N) is 1. The third-order valence-electron chi connectivity index (χ3n) is 2.40. The van der Waals surface area contributed by atoms with Crippen LogP contribution in [0.3, 0.4) is 0 Å². The van der Waals surface area contributed by atoms with Gasteiger partial charge in [-0.3, -0.25) is 0 Å². The van der Waals surface area contributed by atoms with Crippen molar-refractivity contribution in [3.05, 3.63) is 47.4 Å². The van der Waals surface area contributed by atoms with Crippen LogP contribution in [0, 0.1) is 12.7 Å².